The Labute approximate surface area is 112 Å². The quantitative estimate of drug-likeness (QED) is 0.920. The number of aromatic nitrogens is 1. The van der Waals surface area contributed by atoms with E-state index in [2.05, 4.69) is 10.3 Å². The summed E-state index contributed by atoms with van der Waals surface area (Å²) in [5.74, 6) is 1.35. The molecule has 1 N–H and O–H groups in total. The molecule has 0 aliphatic rings. The third-order valence-corrected chi connectivity index (χ3v) is 3.34. The molecule has 0 radical (unpaired) electrons. The molecule has 1 atom stereocenters. The molecule has 2 rings (SSSR count). The third-order valence-electron chi connectivity index (χ3n) is 3.34. The normalized spacial score (nSPS) is 12.2. The zero-order valence-electron chi connectivity index (χ0n) is 11.7. The third kappa shape index (κ3) is 2.67. The molecular formula is C15H18N2O2. The molecule has 2 aromatic rings. The summed E-state index contributed by atoms with van der Waals surface area (Å²) >= 11 is 0. The molecule has 1 unspecified atom stereocenters. The Hall–Kier alpha value is -2.10. The first kappa shape index (κ1) is 13.3. The van der Waals surface area contributed by atoms with Gasteiger partial charge in [-0.25, -0.2) is 0 Å². The number of amides is 1. The summed E-state index contributed by atoms with van der Waals surface area (Å²) in [6.45, 7) is 7.53. The molecule has 0 spiro atoms. The van der Waals surface area contributed by atoms with E-state index in [4.69, 9.17) is 4.42 Å². The lowest BCUT2D eigenvalue weighted by molar-refractivity contribution is 0.0938. The Morgan fingerprint density at radius 3 is 2.37 bits per heavy atom. The minimum Gasteiger partial charge on any atom is -0.466 e. The van der Waals surface area contributed by atoms with Gasteiger partial charge in [-0.2, -0.15) is 0 Å². The van der Waals surface area contributed by atoms with Gasteiger partial charge in [0.2, 0.25) is 0 Å². The molecule has 4 nitrogen and oxygen atoms in total. The molecule has 0 aromatic carbocycles. The molecule has 0 fully saturated rings. The van der Waals surface area contributed by atoms with Gasteiger partial charge in [-0.1, -0.05) is 0 Å². The number of carbonyl (C=O) groups excluding carboxylic acids is 1. The summed E-state index contributed by atoms with van der Waals surface area (Å²) in [5.41, 5.74) is 2.56. The summed E-state index contributed by atoms with van der Waals surface area (Å²) in [5, 5.41) is 2.98. The number of rotatable bonds is 3. The monoisotopic (exact) mass is 258 g/mol. The molecule has 4 heteroatoms. The number of aryl methyl sites for hydroxylation is 2. The van der Waals surface area contributed by atoms with Crippen LogP contribution < -0.4 is 5.32 Å². The lowest BCUT2D eigenvalue weighted by Gasteiger charge is -2.14. The predicted molar refractivity (Wildman–Crippen MR) is 73.0 cm³/mol. The number of pyridine rings is 1. The van der Waals surface area contributed by atoms with Gasteiger partial charge in [-0.3, -0.25) is 9.78 Å². The van der Waals surface area contributed by atoms with Crippen LogP contribution in [0.15, 0.2) is 28.9 Å². The molecule has 100 valence electrons. The number of carbonyl (C=O) groups is 1. The lowest BCUT2D eigenvalue weighted by atomic mass is 10.1. The number of nitrogens with one attached hydrogen (secondary N) is 1. The van der Waals surface area contributed by atoms with Crippen molar-refractivity contribution in [3.05, 3.63) is 52.7 Å². The van der Waals surface area contributed by atoms with Gasteiger partial charge in [0, 0.05) is 18.0 Å². The Balaban J connectivity index is 2.18. The highest BCUT2D eigenvalue weighted by molar-refractivity contribution is 5.97. The standard InChI is InChI=1S/C15H18N2O2/c1-9-11(3)19-12(4)14(9)15(18)17-10(2)13-5-7-16-8-6-13/h5-8,10H,1-4H3,(H,17,18). The predicted octanol–water partition coefficient (Wildman–Crippen LogP) is 3.09. The van der Waals surface area contributed by atoms with E-state index in [0.717, 1.165) is 16.9 Å². The first-order chi connectivity index (χ1) is 9.00. The van der Waals surface area contributed by atoms with Gasteiger partial charge in [-0.15, -0.1) is 0 Å². The van der Waals surface area contributed by atoms with Crippen LogP contribution >= 0.6 is 0 Å². The van der Waals surface area contributed by atoms with Crippen molar-refractivity contribution in [3.63, 3.8) is 0 Å². The SMILES string of the molecule is Cc1oc(C)c(C(=O)NC(C)c2ccncc2)c1C. The molecule has 0 aliphatic heterocycles. The first-order valence-electron chi connectivity index (χ1n) is 6.28. The van der Waals surface area contributed by atoms with Crippen molar-refractivity contribution in [2.24, 2.45) is 0 Å². The van der Waals surface area contributed by atoms with Crippen molar-refractivity contribution in [1.29, 1.82) is 0 Å². The Morgan fingerprint density at radius 1 is 1.21 bits per heavy atom. The lowest BCUT2D eigenvalue weighted by Crippen LogP contribution is -2.27. The maximum atomic E-state index is 12.3. The Bertz CT molecular complexity index is 588. The molecule has 0 aliphatic carbocycles. The summed E-state index contributed by atoms with van der Waals surface area (Å²) in [6, 6.07) is 3.72. The van der Waals surface area contributed by atoms with E-state index in [0.29, 0.717) is 11.3 Å². The van der Waals surface area contributed by atoms with Crippen molar-refractivity contribution in [2.75, 3.05) is 0 Å². The van der Waals surface area contributed by atoms with Gasteiger partial charge in [-0.05, 0) is 45.4 Å². The summed E-state index contributed by atoms with van der Waals surface area (Å²) in [6.07, 6.45) is 3.44. The van der Waals surface area contributed by atoms with Gasteiger partial charge >= 0.3 is 0 Å². The van der Waals surface area contributed by atoms with Crippen molar-refractivity contribution >= 4 is 5.91 Å². The van der Waals surface area contributed by atoms with Gasteiger partial charge in [0.15, 0.2) is 0 Å². The fraction of sp³-hybridized carbons (Fsp3) is 0.333. The Morgan fingerprint density at radius 2 is 1.84 bits per heavy atom. The second kappa shape index (κ2) is 5.26. The molecule has 1 amide bonds. The van der Waals surface area contributed by atoms with Crippen LogP contribution in [0.1, 0.15) is 46.0 Å². The van der Waals surface area contributed by atoms with Crippen LogP contribution in [0.3, 0.4) is 0 Å². The highest BCUT2D eigenvalue weighted by Crippen LogP contribution is 2.21. The maximum absolute atomic E-state index is 12.3. The van der Waals surface area contributed by atoms with Gasteiger partial charge in [0.25, 0.3) is 5.91 Å². The molecule has 2 aromatic heterocycles. The summed E-state index contributed by atoms with van der Waals surface area (Å²) in [4.78, 5) is 16.3. The molecule has 0 saturated carbocycles. The van der Waals surface area contributed by atoms with Crippen LogP contribution in [0.25, 0.3) is 0 Å². The van der Waals surface area contributed by atoms with Gasteiger partial charge in [0.1, 0.15) is 11.5 Å². The van der Waals surface area contributed by atoms with E-state index in [-0.39, 0.29) is 11.9 Å². The zero-order chi connectivity index (χ0) is 14.0. The first-order valence-corrected chi connectivity index (χ1v) is 6.28. The molecule has 0 bridgehead atoms. The van der Waals surface area contributed by atoms with Crippen LogP contribution in [-0.4, -0.2) is 10.9 Å². The number of furan rings is 1. The van der Waals surface area contributed by atoms with Crippen molar-refractivity contribution < 1.29 is 9.21 Å². The molecule has 19 heavy (non-hydrogen) atoms. The topological polar surface area (TPSA) is 55.1 Å². The van der Waals surface area contributed by atoms with Crippen LogP contribution in [0.5, 0.6) is 0 Å². The second-order valence-electron chi connectivity index (χ2n) is 4.69. The van der Waals surface area contributed by atoms with Crippen LogP contribution in [0, 0.1) is 20.8 Å². The van der Waals surface area contributed by atoms with Crippen molar-refractivity contribution in [2.45, 2.75) is 33.7 Å². The molecule has 2 heterocycles. The maximum Gasteiger partial charge on any atom is 0.255 e. The number of hydrogen-bond donors (Lipinski definition) is 1. The average molecular weight is 258 g/mol. The summed E-state index contributed by atoms with van der Waals surface area (Å²) < 4.78 is 5.48. The smallest absolute Gasteiger partial charge is 0.255 e. The largest absolute Gasteiger partial charge is 0.466 e. The van der Waals surface area contributed by atoms with Crippen LogP contribution in [-0.2, 0) is 0 Å². The van der Waals surface area contributed by atoms with E-state index in [1.807, 2.05) is 39.8 Å². The average Bonchev–Trinajstić information content (AvgIpc) is 2.64. The van der Waals surface area contributed by atoms with Crippen LogP contribution in [0.2, 0.25) is 0 Å². The zero-order valence-corrected chi connectivity index (χ0v) is 11.7. The van der Waals surface area contributed by atoms with Crippen molar-refractivity contribution in [3.8, 4) is 0 Å². The van der Waals surface area contributed by atoms with Gasteiger partial charge < -0.3 is 9.73 Å². The van der Waals surface area contributed by atoms with Crippen molar-refractivity contribution in [1.82, 2.24) is 10.3 Å². The fourth-order valence-electron chi connectivity index (χ4n) is 2.13. The Kier molecular flexibility index (Phi) is 3.69. The van der Waals surface area contributed by atoms with E-state index >= 15 is 0 Å². The van der Waals surface area contributed by atoms with E-state index < -0.39 is 0 Å². The van der Waals surface area contributed by atoms with Crippen LogP contribution in [0.4, 0.5) is 0 Å². The van der Waals surface area contributed by atoms with E-state index in [1.54, 1.807) is 12.4 Å². The minimum absolute atomic E-state index is 0.0653. The number of nitrogens with zero attached hydrogens (tertiary/aromatic N) is 1. The second-order valence-corrected chi connectivity index (χ2v) is 4.69. The molecular weight excluding hydrogens is 240 g/mol. The fourth-order valence-corrected chi connectivity index (χ4v) is 2.13. The number of hydrogen-bond acceptors (Lipinski definition) is 3. The summed E-state index contributed by atoms with van der Waals surface area (Å²) in [7, 11) is 0. The highest BCUT2D eigenvalue weighted by atomic mass is 16.3. The molecule has 0 saturated heterocycles. The minimum atomic E-state index is -0.101. The highest BCUT2D eigenvalue weighted by Gasteiger charge is 2.20. The van der Waals surface area contributed by atoms with Gasteiger partial charge in [0.05, 0.1) is 11.6 Å². The van der Waals surface area contributed by atoms with E-state index in [9.17, 15) is 4.79 Å². The van der Waals surface area contributed by atoms with E-state index in [1.165, 1.54) is 0 Å².